The quantitative estimate of drug-likeness (QED) is 0.0689. The van der Waals surface area contributed by atoms with Gasteiger partial charge in [0.2, 0.25) is 5.96 Å². The first-order chi connectivity index (χ1) is 32.5. The number of aliphatic imine (C=N–C) groups is 1. The Hall–Kier alpha value is -4.24. The van der Waals surface area contributed by atoms with Gasteiger partial charge in [-0.15, -0.1) is 0 Å². The summed E-state index contributed by atoms with van der Waals surface area (Å²) in [4.78, 5) is 20.1. The number of aliphatic hydroxyl groups is 1. The fourth-order valence-electron chi connectivity index (χ4n) is 15.0. The smallest absolute Gasteiger partial charge is 0.207 e. The number of aromatic hydroxyl groups is 2. The van der Waals surface area contributed by atoms with Gasteiger partial charge < -0.3 is 40.2 Å². The Balaban J connectivity index is 1.14. The second-order valence-electron chi connectivity index (χ2n) is 21.9. The van der Waals surface area contributed by atoms with E-state index in [1.54, 1.807) is 20.2 Å². The number of guanidine groups is 1. The molecule has 67 heavy (non-hydrogen) atoms. The van der Waals surface area contributed by atoms with Crippen molar-refractivity contribution in [3.63, 3.8) is 0 Å². The molecule has 0 radical (unpaired) electrons. The maximum absolute atomic E-state index is 15.5. The van der Waals surface area contributed by atoms with Crippen LogP contribution in [-0.2, 0) is 21.4 Å². The molecule has 11 atom stereocenters. The molecule has 6 N–H and O–H groups in total. The number of nitrogens with zero attached hydrogens (tertiary/aromatic N) is 1. The van der Waals surface area contributed by atoms with Crippen LogP contribution in [0, 0.1) is 58.8 Å². The number of ether oxygens (including phenoxy) is 3. The molecule has 11 unspecified atom stereocenters. The Morgan fingerprint density at radius 1 is 0.940 bits per heavy atom. The van der Waals surface area contributed by atoms with Crippen molar-refractivity contribution in [3.05, 3.63) is 53.6 Å². The zero-order valence-corrected chi connectivity index (χ0v) is 40.7. The summed E-state index contributed by atoms with van der Waals surface area (Å²) < 4.78 is 18.9. The number of hydrogen-bond donors (Lipinski definition) is 6. The Morgan fingerprint density at radius 3 is 2.55 bits per heavy atom. The minimum absolute atomic E-state index is 0.0350. The molecule has 1 aliphatic heterocycles. The number of carbonyl (C=O) groups excluding carboxylic acids is 1. The highest BCUT2D eigenvalue weighted by molar-refractivity contribution is 5.97. The van der Waals surface area contributed by atoms with Crippen LogP contribution in [0.3, 0.4) is 0 Å². The maximum Gasteiger partial charge on any atom is 0.207 e. The number of benzene rings is 2. The molecule has 1 spiro atoms. The lowest BCUT2D eigenvalue weighted by molar-refractivity contribution is -0.143. The zero-order valence-electron chi connectivity index (χ0n) is 40.7. The third-order valence-electron chi connectivity index (χ3n) is 18.3. The van der Waals surface area contributed by atoms with Crippen molar-refractivity contribution >= 4 is 17.4 Å². The predicted octanol–water partition coefficient (Wildman–Crippen LogP) is 9.92. The summed E-state index contributed by atoms with van der Waals surface area (Å²) in [5.41, 5.74) is 1.09. The Kier molecular flexibility index (Phi) is 14.5. The number of aliphatic hydroxyl groups excluding tert-OH is 1. The van der Waals surface area contributed by atoms with E-state index in [1.165, 1.54) is 19.3 Å². The second-order valence-corrected chi connectivity index (χ2v) is 21.9. The number of likely N-dealkylation sites (N-methyl/N-ethyl adjacent to an activating group) is 1. The largest absolute Gasteiger partial charge is 0.504 e. The topological polar surface area (TPSA) is 154 Å². The minimum atomic E-state index is -0.794. The third-order valence-corrected chi connectivity index (χ3v) is 18.3. The predicted molar refractivity (Wildman–Crippen MR) is 263 cm³/mol. The minimum Gasteiger partial charge on any atom is -0.504 e. The molecule has 7 aliphatic rings. The van der Waals surface area contributed by atoms with E-state index < -0.39 is 17.3 Å². The van der Waals surface area contributed by atoms with Crippen LogP contribution < -0.4 is 25.4 Å². The monoisotopic (exact) mass is 919 g/mol. The number of ketones is 1. The summed E-state index contributed by atoms with van der Waals surface area (Å²) in [5.74, 6) is 7.41. The van der Waals surface area contributed by atoms with Gasteiger partial charge in [0.25, 0.3) is 0 Å². The standard InChI is InChI=1S/C56H78N4O7/c1-5-36-16-18-39-30-41-12-9-24-56(41)42-31-46(52(64)49(32-42)67-54(35-57-2)25-22-38(33-54)29-51(63)66-43-14-6-7-15-43)60-53(58-3)59-26-10-13-40-11-8-23-55(40,50(62)21-19-45(56)44(39)27-36)34-37-17-20-47(61)48(28-37)65-4/h17,19-21,28,31-32,36,38-41,43-45,51,57,61,63-64H,5-9,11-16,18,22-25,27,29-30,33-35H2,1-4H3,(H2,58,59,60). The molecule has 11 heteroatoms. The summed E-state index contributed by atoms with van der Waals surface area (Å²) in [7, 11) is 5.24. The number of nitrogens with one attached hydrogen (secondary N) is 3. The van der Waals surface area contributed by atoms with Gasteiger partial charge in [0.1, 0.15) is 5.60 Å². The number of allylic oxidation sites excluding steroid dienone is 2. The highest BCUT2D eigenvalue weighted by Crippen LogP contribution is 2.64. The van der Waals surface area contributed by atoms with Crippen molar-refractivity contribution in [3.8, 4) is 35.0 Å². The molecule has 6 fully saturated rings. The van der Waals surface area contributed by atoms with Crippen molar-refractivity contribution in [2.75, 3.05) is 33.1 Å². The molecular formula is C56H78N4O7. The number of carbonyl (C=O) groups is 1. The van der Waals surface area contributed by atoms with E-state index in [-0.39, 0.29) is 46.6 Å². The highest BCUT2D eigenvalue weighted by atomic mass is 16.6. The highest BCUT2D eigenvalue weighted by Gasteiger charge is 2.58. The van der Waals surface area contributed by atoms with Gasteiger partial charge in [0.05, 0.1) is 18.9 Å². The van der Waals surface area contributed by atoms with Crippen LogP contribution >= 0.6 is 0 Å². The average Bonchev–Trinajstić information content (AvgIpc) is 4.16. The number of hydrogen-bond acceptors (Lipinski definition) is 9. The molecule has 6 saturated carbocycles. The Labute approximate surface area is 399 Å². The lowest BCUT2D eigenvalue weighted by Gasteiger charge is -2.55. The van der Waals surface area contributed by atoms with Crippen LogP contribution in [0.25, 0.3) is 0 Å². The number of anilines is 1. The van der Waals surface area contributed by atoms with Gasteiger partial charge in [-0.25, -0.2) is 0 Å². The molecule has 1 heterocycles. The zero-order chi connectivity index (χ0) is 46.8. The molecule has 0 saturated heterocycles. The van der Waals surface area contributed by atoms with E-state index in [0.717, 1.165) is 107 Å². The van der Waals surface area contributed by atoms with Crippen molar-refractivity contribution < 1.29 is 34.3 Å². The van der Waals surface area contributed by atoms with Crippen LogP contribution in [0.5, 0.6) is 23.0 Å². The van der Waals surface area contributed by atoms with Gasteiger partial charge in [-0.3, -0.25) is 15.1 Å². The van der Waals surface area contributed by atoms with Crippen LogP contribution in [-0.4, -0.2) is 72.8 Å². The molecule has 0 amide bonds. The Bertz CT molecular complexity index is 2210. The van der Waals surface area contributed by atoms with Gasteiger partial charge in [0, 0.05) is 43.3 Å². The van der Waals surface area contributed by atoms with Gasteiger partial charge in [0.15, 0.2) is 35.1 Å². The summed E-state index contributed by atoms with van der Waals surface area (Å²) in [5, 5.41) is 44.1. The SMILES string of the molecule is CCC1CCC2CC3CCCC34c3cc(c(O)c(OC5(CNC)CCC(CC(O)OC6CCCC6)C5)c3)NC(=NC)NC#CCC3CCCC3(Cc3ccc(O)c(OC)c3)C(=O)C=CC4C2C1. The van der Waals surface area contributed by atoms with E-state index in [4.69, 9.17) is 14.2 Å². The number of phenols is 2. The number of phenolic OH excluding ortho intramolecular Hbond substituents is 2. The number of rotatable bonds is 12. The van der Waals surface area contributed by atoms with Crippen molar-refractivity contribution in [2.24, 2.45) is 51.8 Å². The first-order valence-corrected chi connectivity index (χ1v) is 26.1. The Morgan fingerprint density at radius 2 is 1.76 bits per heavy atom. The van der Waals surface area contributed by atoms with Crippen LogP contribution in [0.1, 0.15) is 146 Å². The van der Waals surface area contributed by atoms with E-state index in [9.17, 15) is 15.3 Å². The van der Waals surface area contributed by atoms with E-state index in [0.29, 0.717) is 72.6 Å². The molecule has 0 aromatic heterocycles. The fourth-order valence-corrected chi connectivity index (χ4v) is 15.0. The van der Waals surface area contributed by atoms with Crippen molar-refractivity contribution in [1.82, 2.24) is 10.6 Å². The van der Waals surface area contributed by atoms with E-state index in [1.807, 2.05) is 25.3 Å². The lowest BCUT2D eigenvalue weighted by Crippen LogP contribution is -2.51. The van der Waals surface area contributed by atoms with Crippen LogP contribution in [0.4, 0.5) is 5.69 Å². The molecule has 6 aliphatic carbocycles. The molecule has 2 aromatic rings. The summed E-state index contributed by atoms with van der Waals surface area (Å²) in [6.45, 7) is 2.93. The van der Waals surface area contributed by atoms with Crippen LogP contribution in [0.15, 0.2) is 47.5 Å². The molecule has 2 bridgehead atoms. The second kappa shape index (κ2) is 20.4. The molecule has 2 aromatic carbocycles. The fraction of sp³-hybridized carbons (Fsp3) is 0.679. The molecule has 364 valence electrons. The summed E-state index contributed by atoms with van der Waals surface area (Å²) >= 11 is 0. The van der Waals surface area contributed by atoms with Gasteiger partial charge in [-0.05, 0) is 173 Å². The lowest BCUT2D eigenvalue weighted by atomic mass is 9.48. The summed E-state index contributed by atoms with van der Waals surface area (Å²) in [6, 6.07) is 13.0. The summed E-state index contributed by atoms with van der Waals surface area (Å²) in [6.07, 6.45) is 24.0. The van der Waals surface area contributed by atoms with Gasteiger partial charge in [-0.1, -0.05) is 63.5 Å². The van der Waals surface area contributed by atoms with E-state index in [2.05, 4.69) is 58.0 Å². The first-order valence-electron chi connectivity index (χ1n) is 26.1. The normalized spacial score (nSPS) is 35.1. The van der Waals surface area contributed by atoms with Gasteiger partial charge in [-0.2, -0.15) is 0 Å². The van der Waals surface area contributed by atoms with Gasteiger partial charge >= 0.3 is 0 Å². The molecule has 11 nitrogen and oxygen atoms in total. The maximum atomic E-state index is 15.5. The van der Waals surface area contributed by atoms with Crippen LogP contribution in [0.2, 0.25) is 0 Å². The third kappa shape index (κ3) is 9.58. The van der Waals surface area contributed by atoms with Crippen molar-refractivity contribution in [2.45, 2.75) is 165 Å². The number of fused-ring (bicyclic) bond motifs is 5. The number of methoxy groups -OCH3 is 1. The first kappa shape index (κ1) is 47.8. The van der Waals surface area contributed by atoms with E-state index >= 15 is 4.79 Å². The molecule has 9 rings (SSSR count). The molecular weight excluding hydrogens is 841 g/mol. The average molecular weight is 919 g/mol. The van der Waals surface area contributed by atoms with Crippen molar-refractivity contribution in [1.29, 1.82) is 0 Å².